The van der Waals surface area contributed by atoms with Gasteiger partial charge in [0, 0.05) is 0 Å². The number of hydrogen-bond donors (Lipinski definition) is 3. The molecule has 5 heteroatoms. The van der Waals surface area contributed by atoms with Crippen LogP contribution in [-0.4, -0.2) is 52.6 Å². The monoisotopic (exact) mass is 162 g/mol. The van der Waals surface area contributed by atoms with Gasteiger partial charge in [-0.3, -0.25) is 0 Å². The Morgan fingerprint density at radius 3 is 2.45 bits per heavy atom. The first-order chi connectivity index (χ1) is 5.24. The molecule has 0 amide bonds. The second-order valence-corrected chi connectivity index (χ2v) is 2.81. The molecular weight excluding hydrogens is 152 g/mol. The molecular formula is C6H10O5. The van der Waals surface area contributed by atoms with Crippen molar-refractivity contribution in [3.8, 4) is 0 Å². The summed E-state index contributed by atoms with van der Waals surface area (Å²) in [4.78, 5) is 0. The summed E-state index contributed by atoms with van der Waals surface area (Å²) in [7, 11) is 0. The largest absolute Gasteiger partial charge is 0.394 e. The van der Waals surface area contributed by atoms with E-state index in [0.717, 1.165) is 0 Å². The molecule has 5 atom stereocenters. The third-order valence-electron chi connectivity index (χ3n) is 2.04. The fraction of sp³-hybridized carbons (Fsp3) is 1.00. The molecule has 2 saturated heterocycles. The Morgan fingerprint density at radius 1 is 1.09 bits per heavy atom. The maximum atomic E-state index is 9.22. The predicted octanol–water partition coefficient (Wildman–Crippen LogP) is -2.18. The molecule has 2 fully saturated rings. The Bertz CT molecular complexity index is 161. The lowest BCUT2D eigenvalue weighted by Gasteiger charge is -2.27. The van der Waals surface area contributed by atoms with Crippen LogP contribution in [0.2, 0.25) is 0 Å². The molecule has 2 unspecified atom stereocenters. The second-order valence-electron chi connectivity index (χ2n) is 2.81. The van der Waals surface area contributed by atoms with E-state index < -0.39 is 30.7 Å². The zero-order chi connectivity index (χ0) is 8.01. The molecule has 2 aliphatic heterocycles. The van der Waals surface area contributed by atoms with E-state index in [9.17, 15) is 10.2 Å². The zero-order valence-electron chi connectivity index (χ0n) is 5.75. The molecule has 0 aromatic carbocycles. The summed E-state index contributed by atoms with van der Waals surface area (Å²) in [6.07, 6.45) is -3.50. The number of aliphatic hydroxyl groups excluding tert-OH is 3. The fourth-order valence-corrected chi connectivity index (χ4v) is 1.28. The molecule has 0 bridgehead atoms. The molecule has 0 aromatic rings. The van der Waals surface area contributed by atoms with Gasteiger partial charge in [0.2, 0.25) is 0 Å². The minimum absolute atomic E-state index is 0.301. The molecule has 64 valence electrons. The number of hydrogen-bond acceptors (Lipinski definition) is 5. The predicted molar refractivity (Wildman–Crippen MR) is 32.6 cm³/mol. The van der Waals surface area contributed by atoms with Crippen molar-refractivity contribution >= 4 is 0 Å². The van der Waals surface area contributed by atoms with Crippen LogP contribution in [0, 0.1) is 0 Å². The van der Waals surface area contributed by atoms with Crippen LogP contribution in [0.3, 0.4) is 0 Å². The first-order valence-electron chi connectivity index (χ1n) is 3.52. The lowest BCUT2D eigenvalue weighted by atomic mass is 10.0. The molecule has 2 heterocycles. The topological polar surface area (TPSA) is 82.5 Å². The summed E-state index contributed by atoms with van der Waals surface area (Å²) in [5.74, 6) is 0. The van der Waals surface area contributed by atoms with Gasteiger partial charge in [-0.05, 0) is 0 Å². The highest BCUT2D eigenvalue weighted by molar-refractivity contribution is 4.96. The van der Waals surface area contributed by atoms with E-state index in [2.05, 4.69) is 0 Å². The van der Waals surface area contributed by atoms with Gasteiger partial charge in [-0.1, -0.05) is 0 Å². The number of fused-ring (bicyclic) bond motifs is 1. The molecule has 11 heavy (non-hydrogen) atoms. The van der Waals surface area contributed by atoms with Crippen molar-refractivity contribution in [2.75, 3.05) is 6.61 Å². The minimum Gasteiger partial charge on any atom is -0.394 e. The molecule has 0 radical (unpaired) electrons. The minimum atomic E-state index is -1.04. The summed E-state index contributed by atoms with van der Waals surface area (Å²) >= 11 is 0. The average Bonchev–Trinajstić information content (AvgIpc) is 2.75. The maximum Gasteiger partial charge on any atom is 0.187 e. The lowest BCUT2D eigenvalue weighted by Crippen LogP contribution is -2.48. The molecule has 2 aliphatic rings. The molecule has 3 N–H and O–H groups in total. The number of rotatable bonds is 1. The van der Waals surface area contributed by atoms with E-state index in [0.29, 0.717) is 0 Å². The standard InChI is InChI=1S/C6H10O5/c7-1-2-3(8)4(9)5-6(10-2)11-5/h2-9H,1H2/t2?,3-,4+,5?,6-/m1/s1. The highest BCUT2D eigenvalue weighted by Gasteiger charge is 2.55. The molecule has 5 nitrogen and oxygen atoms in total. The third-order valence-corrected chi connectivity index (χ3v) is 2.04. The van der Waals surface area contributed by atoms with Gasteiger partial charge in [0.15, 0.2) is 6.29 Å². The first-order valence-corrected chi connectivity index (χ1v) is 3.52. The van der Waals surface area contributed by atoms with Crippen molar-refractivity contribution < 1.29 is 24.8 Å². The van der Waals surface area contributed by atoms with Gasteiger partial charge in [0.05, 0.1) is 6.61 Å². The van der Waals surface area contributed by atoms with Crippen molar-refractivity contribution in [3.05, 3.63) is 0 Å². The van der Waals surface area contributed by atoms with E-state index in [-0.39, 0.29) is 6.61 Å². The Kier molecular flexibility index (Phi) is 1.62. The second kappa shape index (κ2) is 2.40. The summed E-state index contributed by atoms with van der Waals surface area (Å²) in [5, 5.41) is 27.1. The van der Waals surface area contributed by atoms with Gasteiger partial charge < -0.3 is 24.8 Å². The molecule has 0 aliphatic carbocycles. The van der Waals surface area contributed by atoms with Gasteiger partial charge >= 0.3 is 0 Å². The summed E-state index contributed by atoms with van der Waals surface area (Å²) in [5.41, 5.74) is 0. The van der Waals surface area contributed by atoms with E-state index in [4.69, 9.17) is 14.6 Å². The van der Waals surface area contributed by atoms with Crippen LogP contribution in [0.1, 0.15) is 0 Å². The van der Waals surface area contributed by atoms with Crippen LogP contribution in [0.15, 0.2) is 0 Å². The molecule has 2 rings (SSSR count). The van der Waals surface area contributed by atoms with E-state index in [1.165, 1.54) is 0 Å². The van der Waals surface area contributed by atoms with Crippen molar-refractivity contribution in [2.24, 2.45) is 0 Å². The Balaban J connectivity index is 2.03. The highest BCUT2D eigenvalue weighted by atomic mass is 16.8. The zero-order valence-corrected chi connectivity index (χ0v) is 5.75. The lowest BCUT2D eigenvalue weighted by molar-refractivity contribution is -0.144. The van der Waals surface area contributed by atoms with Gasteiger partial charge in [0.1, 0.15) is 24.4 Å². The molecule has 0 aromatic heterocycles. The van der Waals surface area contributed by atoms with Crippen LogP contribution in [-0.2, 0) is 9.47 Å². The fourth-order valence-electron chi connectivity index (χ4n) is 1.28. The van der Waals surface area contributed by atoms with Crippen molar-refractivity contribution in [2.45, 2.75) is 30.7 Å². The van der Waals surface area contributed by atoms with Crippen molar-refractivity contribution in [1.29, 1.82) is 0 Å². The van der Waals surface area contributed by atoms with Crippen molar-refractivity contribution in [3.63, 3.8) is 0 Å². The summed E-state index contributed by atoms with van der Waals surface area (Å²) < 4.78 is 9.86. The van der Waals surface area contributed by atoms with Gasteiger partial charge in [-0.15, -0.1) is 0 Å². The third kappa shape index (κ3) is 1.05. The number of ether oxygens (including phenoxy) is 2. The van der Waals surface area contributed by atoms with Crippen LogP contribution in [0.25, 0.3) is 0 Å². The van der Waals surface area contributed by atoms with Gasteiger partial charge in [-0.25, -0.2) is 0 Å². The van der Waals surface area contributed by atoms with Crippen LogP contribution < -0.4 is 0 Å². The van der Waals surface area contributed by atoms with E-state index >= 15 is 0 Å². The van der Waals surface area contributed by atoms with E-state index in [1.807, 2.05) is 0 Å². The smallest absolute Gasteiger partial charge is 0.187 e. The maximum absolute atomic E-state index is 9.22. The highest BCUT2D eigenvalue weighted by Crippen LogP contribution is 2.35. The Morgan fingerprint density at radius 2 is 1.82 bits per heavy atom. The quantitative estimate of drug-likeness (QED) is 0.382. The summed E-state index contributed by atoms with van der Waals surface area (Å²) in [6, 6.07) is 0. The SMILES string of the molecule is OCC1O[C@@H]2OC2[C@@H](O)[C@@H]1O. The van der Waals surface area contributed by atoms with Crippen LogP contribution >= 0.6 is 0 Å². The number of aliphatic hydroxyl groups is 3. The molecule has 0 saturated carbocycles. The summed E-state index contributed by atoms with van der Waals surface area (Å²) in [6.45, 7) is -0.301. The first kappa shape index (κ1) is 7.45. The molecule has 0 spiro atoms. The van der Waals surface area contributed by atoms with Crippen LogP contribution in [0.4, 0.5) is 0 Å². The Labute approximate surface area is 63.2 Å². The average molecular weight is 162 g/mol. The van der Waals surface area contributed by atoms with Crippen molar-refractivity contribution in [1.82, 2.24) is 0 Å². The normalized spacial score (nSPS) is 55.4. The Hall–Kier alpha value is -0.200. The van der Waals surface area contributed by atoms with Crippen LogP contribution in [0.5, 0.6) is 0 Å². The van der Waals surface area contributed by atoms with Gasteiger partial charge in [0.25, 0.3) is 0 Å². The number of epoxide rings is 1. The van der Waals surface area contributed by atoms with E-state index in [1.54, 1.807) is 0 Å². The van der Waals surface area contributed by atoms with Gasteiger partial charge in [-0.2, -0.15) is 0 Å².